The van der Waals surface area contributed by atoms with Crippen molar-refractivity contribution in [2.75, 3.05) is 18.0 Å². The Bertz CT molecular complexity index is 1640. The molecule has 0 aliphatic carbocycles. The van der Waals surface area contributed by atoms with E-state index in [9.17, 15) is 9.18 Å². The van der Waals surface area contributed by atoms with Crippen LogP contribution in [0.2, 0.25) is 0 Å². The molecule has 1 atom stereocenters. The smallest absolute Gasteiger partial charge is 0.262 e. The van der Waals surface area contributed by atoms with E-state index in [0.29, 0.717) is 45.5 Å². The molecule has 4 heterocycles. The molecule has 0 saturated carbocycles. The Morgan fingerprint density at radius 2 is 2.03 bits per heavy atom. The van der Waals surface area contributed by atoms with Gasteiger partial charge < -0.3 is 5.32 Å². The maximum absolute atomic E-state index is 15.6. The van der Waals surface area contributed by atoms with Gasteiger partial charge in [-0.2, -0.15) is 5.10 Å². The Balaban J connectivity index is 1.45. The first-order valence-electron chi connectivity index (χ1n) is 12.2. The predicted octanol–water partition coefficient (Wildman–Crippen LogP) is 4.93. The standard InChI is InChI=1S/C28H24F2N6O/c1-17-12-20(29)13-19-7-10-33-27(25(17)19)36(21-4-2-8-31-15-21)28(37)22-6-5-18(14-24(22)30)23-16-34-35-11-3-9-32-26(23)35/h3,5-7,9-14,16,21,31H,2,4,8,15H2,1H3/t21-/m1/s1. The number of pyridine rings is 1. The van der Waals surface area contributed by atoms with Crippen molar-refractivity contribution >= 4 is 28.1 Å². The first-order valence-corrected chi connectivity index (χ1v) is 12.2. The second-order valence-corrected chi connectivity index (χ2v) is 9.27. The molecule has 5 aromatic rings. The lowest BCUT2D eigenvalue weighted by Crippen LogP contribution is -2.49. The Labute approximate surface area is 211 Å². The van der Waals surface area contributed by atoms with Gasteiger partial charge in [-0.3, -0.25) is 9.69 Å². The minimum absolute atomic E-state index is 0.0580. The highest BCUT2D eigenvalue weighted by atomic mass is 19.1. The van der Waals surface area contributed by atoms with Crippen molar-refractivity contribution in [3.8, 4) is 11.1 Å². The fourth-order valence-electron chi connectivity index (χ4n) is 5.15. The SMILES string of the molecule is Cc1cc(F)cc2ccnc(N(C(=O)c3ccc(-c4cnn5cccnc45)cc3F)[C@@H]3CCCNC3)c12. The molecule has 1 amide bonds. The third-order valence-electron chi connectivity index (χ3n) is 6.88. The molecule has 1 aliphatic rings. The molecule has 186 valence electrons. The Hall–Kier alpha value is -4.24. The van der Waals surface area contributed by atoms with Gasteiger partial charge in [0, 0.05) is 36.1 Å². The molecule has 0 radical (unpaired) electrons. The van der Waals surface area contributed by atoms with Gasteiger partial charge in [-0.05, 0) is 79.2 Å². The molecule has 3 aromatic heterocycles. The van der Waals surface area contributed by atoms with Crippen molar-refractivity contribution in [1.82, 2.24) is 24.9 Å². The maximum Gasteiger partial charge on any atom is 0.262 e. The number of benzene rings is 2. The molecule has 6 rings (SSSR count). The van der Waals surface area contributed by atoms with Crippen LogP contribution in [0.3, 0.4) is 0 Å². The van der Waals surface area contributed by atoms with Gasteiger partial charge in [-0.1, -0.05) is 6.07 Å². The lowest BCUT2D eigenvalue weighted by Gasteiger charge is -2.35. The fraction of sp³-hybridized carbons (Fsp3) is 0.214. The highest BCUT2D eigenvalue weighted by molar-refractivity contribution is 6.11. The quantitative estimate of drug-likeness (QED) is 0.380. The number of hydrogen-bond donors (Lipinski definition) is 1. The zero-order chi connectivity index (χ0) is 25.5. The Morgan fingerprint density at radius 3 is 2.84 bits per heavy atom. The topological polar surface area (TPSA) is 75.4 Å². The van der Waals surface area contributed by atoms with Crippen LogP contribution in [0.5, 0.6) is 0 Å². The highest BCUT2D eigenvalue weighted by Crippen LogP contribution is 2.33. The summed E-state index contributed by atoms with van der Waals surface area (Å²) in [6.45, 7) is 3.19. The fourth-order valence-corrected chi connectivity index (χ4v) is 5.15. The lowest BCUT2D eigenvalue weighted by molar-refractivity contribution is 0.0968. The van der Waals surface area contributed by atoms with Crippen LogP contribution in [-0.2, 0) is 0 Å². The van der Waals surface area contributed by atoms with Crippen molar-refractivity contribution in [3.63, 3.8) is 0 Å². The number of rotatable bonds is 4. The van der Waals surface area contributed by atoms with E-state index in [4.69, 9.17) is 0 Å². The van der Waals surface area contributed by atoms with Gasteiger partial charge in [-0.15, -0.1) is 0 Å². The van der Waals surface area contributed by atoms with Crippen LogP contribution < -0.4 is 10.2 Å². The molecule has 1 saturated heterocycles. The average molecular weight is 499 g/mol. The molecule has 0 spiro atoms. The molecule has 37 heavy (non-hydrogen) atoms. The van der Waals surface area contributed by atoms with E-state index in [0.717, 1.165) is 19.4 Å². The number of hydrogen-bond acceptors (Lipinski definition) is 5. The number of nitrogens with zero attached hydrogens (tertiary/aromatic N) is 5. The van der Waals surface area contributed by atoms with Crippen LogP contribution in [0, 0.1) is 18.6 Å². The second-order valence-electron chi connectivity index (χ2n) is 9.27. The number of nitrogens with one attached hydrogen (secondary N) is 1. The maximum atomic E-state index is 15.6. The van der Waals surface area contributed by atoms with Crippen molar-refractivity contribution < 1.29 is 13.6 Å². The third-order valence-corrected chi connectivity index (χ3v) is 6.88. The first-order chi connectivity index (χ1) is 18.0. The number of fused-ring (bicyclic) bond motifs is 2. The van der Waals surface area contributed by atoms with Crippen LogP contribution >= 0.6 is 0 Å². The van der Waals surface area contributed by atoms with Gasteiger partial charge in [0.1, 0.15) is 17.5 Å². The van der Waals surface area contributed by atoms with Gasteiger partial charge in [0.15, 0.2) is 5.65 Å². The van der Waals surface area contributed by atoms with Crippen LogP contribution in [0.4, 0.5) is 14.6 Å². The average Bonchev–Trinajstić information content (AvgIpc) is 3.33. The summed E-state index contributed by atoms with van der Waals surface area (Å²) < 4.78 is 31.4. The molecule has 1 aliphatic heterocycles. The molecular weight excluding hydrogens is 474 g/mol. The largest absolute Gasteiger partial charge is 0.315 e. The molecule has 0 bridgehead atoms. The summed E-state index contributed by atoms with van der Waals surface area (Å²) in [5, 5.41) is 8.92. The van der Waals surface area contributed by atoms with Crippen molar-refractivity contribution in [1.29, 1.82) is 0 Å². The number of carbonyl (C=O) groups excluding carboxylic acids is 1. The number of amides is 1. The Morgan fingerprint density at radius 1 is 1.14 bits per heavy atom. The van der Waals surface area contributed by atoms with Gasteiger partial charge >= 0.3 is 0 Å². The van der Waals surface area contributed by atoms with Crippen molar-refractivity contribution in [3.05, 3.63) is 90.0 Å². The van der Waals surface area contributed by atoms with E-state index < -0.39 is 11.7 Å². The summed E-state index contributed by atoms with van der Waals surface area (Å²) in [5.74, 6) is -1.08. The molecule has 1 fully saturated rings. The molecule has 1 N–H and O–H groups in total. The van der Waals surface area contributed by atoms with Gasteiger partial charge in [0.2, 0.25) is 0 Å². The Kier molecular flexibility index (Phi) is 5.84. The zero-order valence-corrected chi connectivity index (χ0v) is 20.2. The minimum Gasteiger partial charge on any atom is -0.315 e. The first kappa shape index (κ1) is 23.2. The molecule has 2 aromatic carbocycles. The van der Waals surface area contributed by atoms with E-state index in [1.54, 1.807) is 59.3 Å². The van der Waals surface area contributed by atoms with Crippen LogP contribution in [-0.4, -0.2) is 44.6 Å². The number of aryl methyl sites for hydroxylation is 1. The zero-order valence-electron chi connectivity index (χ0n) is 20.2. The van der Waals surface area contributed by atoms with Gasteiger partial charge in [0.05, 0.1) is 17.8 Å². The van der Waals surface area contributed by atoms with E-state index >= 15 is 4.39 Å². The van der Waals surface area contributed by atoms with E-state index in [1.165, 1.54) is 24.3 Å². The summed E-state index contributed by atoms with van der Waals surface area (Å²) in [5.41, 5.74) is 2.44. The minimum atomic E-state index is -0.644. The summed E-state index contributed by atoms with van der Waals surface area (Å²) in [6.07, 6.45) is 8.21. The van der Waals surface area contributed by atoms with Crippen molar-refractivity contribution in [2.45, 2.75) is 25.8 Å². The monoisotopic (exact) mass is 498 g/mol. The van der Waals surface area contributed by atoms with Crippen LogP contribution in [0.15, 0.2) is 67.3 Å². The third kappa shape index (κ3) is 4.11. The highest BCUT2D eigenvalue weighted by Gasteiger charge is 2.32. The number of piperidine rings is 1. The van der Waals surface area contributed by atoms with Crippen LogP contribution in [0.1, 0.15) is 28.8 Å². The van der Waals surface area contributed by atoms with E-state index in [2.05, 4.69) is 20.4 Å². The summed E-state index contributed by atoms with van der Waals surface area (Å²) in [6, 6.07) is 10.6. The molecular formula is C28H24F2N6O. The molecule has 9 heteroatoms. The predicted molar refractivity (Wildman–Crippen MR) is 138 cm³/mol. The number of aromatic nitrogens is 4. The number of anilines is 1. The summed E-state index contributed by atoms with van der Waals surface area (Å²) in [4.78, 5) is 24.5. The molecule has 7 nitrogen and oxygen atoms in total. The second kappa shape index (κ2) is 9.33. The molecule has 0 unspecified atom stereocenters. The van der Waals surface area contributed by atoms with Gasteiger partial charge in [-0.25, -0.2) is 23.3 Å². The van der Waals surface area contributed by atoms with Crippen molar-refractivity contribution in [2.24, 2.45) is 0 Å². The summed E-state index contributed by atoms with van der Waals surface area (Å²) >= 11 is 0. The number of carbonyl (C=O) groups is 1. The van der Waals surface area contributed by atoms with E-state index in [1.807, 2.05) is 0 Å². The lowest BCUT2D eigenvalue weighted by atomic mass is 10.00. The summed E-state index contributed by atoms with van der Waals surface area (Å²) in [7, 11) is 0. The van der Waals surface area contributed by atoms with Crippen LogP contribution in [0.25, 0.3) is 27.5 Å². The van der Waals surface area contributed by atoms with Gasteiger partial charge in [0.25, 0.3) is 5.91 Å². The normalized spacial score (nSPS) is 15.8. The van der Waals surface area contributed by atoms with E-state index in [-0.39, 0.29) is 17.4 Å². The number of halogens is 2.